The Bertz CT molecular complexity index is 413. The molecule has 2 N–H and O–H groups in total. The summed E-state index contributed by atoms with van der Waals surface area (Å²) < 4.78 is 26.5. The van der Waals surface area contributed by atoms with Crippen LogP contribution in [-0.2, 0) is 19.8 Å². The first kappa shape index (κ1) is 12.4. The minimum Gasteiger partial charge on any atom is -0.314 e. The minimum atomic E-state index is -3.71. The van der Waals surface area contributed by atoms with Crippen LogP contribution in [0, 0.1) is 0 Å². The highest BCUT2D eigenvalue weighted by Gasteiger charge is 2.36. The van der Waals surface area contributed by atoms with Crippen LogP contribution in [-0.4, -0.2) is 68.1 Å². The Balaban J connectivity index is 2.13. The van der Waals surface area contributed by atoms with Gasteiger partial charge in [-0.25, -0.2) is 0 Å². The number of hydrogen-bond acceptors (Lipinski definition) is 5. The van der Waals surface area contributed by atoms with E-state index in [0.717, 1.165) is 4.31 Å². The van der Waals surface area contributed by atoms with Crippen LogP contribution < -0.4 is 10.6 Å². The van der Waals surface area contributed by atoms with Crippen molar-refractivity contribution in [2.75, 3.05) is 39.3 Å². The summed E-state index contributed by atoms with van der Waals surface area (Å²) in [5, 5.41) is 5.11. The Morgan fingerprint density at radius 1 is 0.941 bits per heavy atom. The molecule has 2 saturated heterocycles. The van der Waals surface area contributed by atoms with Crippen LogP contribution in [0.25, 0.3) is 0 Å². The first-order valence-corrected chi connectivity index (χ1v) is 6.68. The number of nitrogens with one attached hydrogen (secondary N) is 2. The molecule has 2 rings (SSSR count). The van der Waals surface area contributed by atoms with E-state index in [1.54, 1.807) is 0 Å². The lowest BCUT2D eigenvalue weighted by Crippen LogP contribution is -2.58. The number of carbonyl (C=O) groups is 2. The lowest BCUT2D eigenvalue weighted by molar-refractivity contribution is -0.134. The van der Waals surface area contributed by atoms with E-state index >= 15 is 0 Å². The average molecular weight is 262 g/mol. The Kier molecular flexibility index (Phi) is 3.43. The maximum atomic E-state index is 12.1. The number of piperazine rings is 2. The van der Waals surface area contributed by atoms with Crippen molar-refractivity contribution in [2.45, 2.75) is 0 Å². The summed E-state index contributed by atoms with van der Waals surface area (Å²) in [5.41, 5.74) is 0. The van der Waals surface area contributed by atoms with E-state index in [1.165, 1.54) is 4.31 Å². The van der Waals surface area contributed by atoms with Crippen molar-refractivity contribution < 1.29 is 18.0 Å². The Morgan fingerprint density at radius 2 is 1.47 bits per heavy atom. The van der Waals surface area contributed by atoms with Crippen LogP contribution in [0.1, 0.15) is 0 Å². The molecule has 2 fully saturated rings. The molecule has 0 aromatic carbocycles. The quantitative estimate of drug-likeness (QED) is 0.520. The molecule has 0 saturated carbocycles. The first-order chi connectivity index (χ1) is 8.00. The van der Waals surface area contributed by atoms with Crippen molar-refractivity contribution in [3.63, 3.8) is 0 Å². The largest absolute Gasteiger partial charge is 0.314 e. The van der Waals surface area contributed by atoms with Gasteiger partial charge in [0, 0.05) is 26.2 Å². The zero-order valence-electron chi connectivity index (χ0n) is 9.18. The molecular formula is C8H14N4O4S. The highest BCUT2D eigenvalue weighted by Crippen LogP contribution is 2.10. The summed E-state index contributed by atoms with van der Waals surface area (Å²) in [6, 6.07) is 0. The van der Waals surface area contributed by atoms with E-state index in [0.29, 0.717) is 26.2 Å². The van der Waals surface area contributed by atoms with Gasteiger partial charge >= 0.3 is 0 Å². The lowest BCUT2D eigenvalue weighted by Gasteiger charge is -2.33. The molecule has 0 radical (unpaired) electrons. The molecule has 2 amide bonds. The zero-order chi connectivity index (χ0) is 12.5. The predicted octanol–water partition coefficient (Wildman–Crippen LogP) is -2.91. The Morgan fingerprint density at radius 3 is 2.00 bits per heavy atom. The van der Waals surface area contributed by atoms with E-state index in [2.05, 4.69) is 10.6 Å². The molecule has 0 aromatic heterocycles. The van der Waals surface area contributed by atoms with Crippen LogP contribution in [0.3, 0.4) is 0 Å². The molecule has 0 aliphatic carbocycles. The Hall–Kier alpha value is -1.03. The van der Waals surface area contributed by atoms with Crippen molar-refractivity contribution in [2.24, 2.45) is 0 Å². The smallest absolute Gasteiger partial charge is 0.283 e. The van der Waals surface area contributed by atoms with Gasteiger partial charge in [0.05, 0.1) is 13.1 Å². The van der Waals surface area contributed by atoms with Gasteiger partial charge in [0.25, 0.3) is 10.2 Å². The van der Waals surface area contributed by atoms with Crippen LogP contribution in [0.4, 0.5) is 0 Å². The lowest BCUT2D eigenvalue weighted by atomic mass is 10.4. The predicted molar refractivity (Wildman–Crippen MR) is 58.1 cm³/mol. The van der Waals surface area contributed by atoms with Crippen molar-refractivity contribution in [3.05, 3.63) is 0 Å². The van der Waals surface area contributed by atoms with Gasteiger partial charge in [-0.15, -0.1) is 0 Å². The summed E-state index contributed by atoms with van der Waals surface area (Å²) in [6.45, 7) is 1.28. The molecule has 9 heteroatoms. The van der Waals surface area contributed by atoms with Gasteiger partial charge in [-0.1, -0.05) is 0 Å². The second kappa shape index (κ2) is 4.69. The topological polar surface area (TPSA) is 98.8 Å². The molecule has 8 nitrogen and oxygen atoms in total. The second-order valence-electron chi connectivity index (χ2n) is 3.90. The van der Waals surface area contributed by atoms with Crippen molar-refractivity contribution >= 4 is 22.0 Å². The molecule has 96 valence electrons. The summed E-state index contributed by atoms with van der Waals surface area (Å²) in [4.78, 5) is 22.3. The van der Waals surface area contributed by atoms with Gasteiger partial charge in [-0.05, 0) is 0 Å². The monoisotopic (exact) mass is 262 g/mol. The van der Waals surface area contributed by atoms with Gasteiger partial charge < -0.3 is 5.32 Å². The average Bonchev–Trinajstić information content (AvgIpc) is 2.29. The molecule has 2 aliphatic rings. The van der Waals surface area contributed by atoms with Crippen molar-refractivity contribution in [1.82, 2.24) is 19.2 Å². The van der Waals surface area contributed by atoms with E-state index in [1.807, 2.05) is 0 Å². The molecule has 2 heterocycles. The van der Waals surface area contributed by atoms with Gasteiger partial charge in [-0.2, -0.15) is 17.0 Å². The highest BCUT2D eigenvalue weighted by molar-refractivity contribution is 7.86. The number of rotatable bonds is 2. The molecule has 0 bridgehead atoms. The number of carbonyl (C=O) groups excluding carboxylic acids is 2. The third kappa shape index (κ3) is 2.63. The first-order valence-electron chi connectivity index (χ1n) is 5.29. The zero-order valence-corrected chi connectivity index (χ0v) is 9.99. The maximum absolute atomic E-state index is 12.1. The van der Waals surface area contributed by atoms with Crippen LogP contribution >= 0.6 is 0 Å². The van der Waals surface area contributed by atoms with E-state index in [-0.39, 0.29) is 13.1 Å². The molecule has 0 atom stereocenters. The Labute approximate surface area is 99.1 Å². The van der Waals surface area contributed by atoms with Crippen LogP contribution in [0.5, 0.6) is 0 Å². The second-order valence-corrected chi connectivity index (χ2v) is 5.82. The van der Waals surface area contributed by atoms with E-state index in [4.69, 9.17) is 0 Å². The number of hydrogen-bond donors (Lipinski definition) is 2. The SMILES string of the molecule is O=C1CN(S(=O)(=O)N2CCNCC2)CC(=O)N1. The minimum absolute atomic E-state index is 0.294. The van der Waals surface area contributed by atoms with Crippen LogP contribution in [0.2, 0.25) is 0 Å². The summed E-state index contributed by atoms with van der Waals surface area (Å²) in [7, 11) is -3.71. The normalized spacial score (nSPS) is 24.7. The number of nitrogens with zero attached hydrogens (tertiary/aromatic N) is 2. The molecule has 17 heavy (non-hydrogen) atoms. The maximum Gasteiger partial charge on any atom is 0.283 e. The van der Waals surface area contributed by atoms with E-state index in [9.17, 15) is 18.0 Å². The van der Waals surface area contributed by atoms with Crippen LogP contribution in [0.15, 0.2) is 0 Å². The van der Waals surface area contributed by atoms with Gasteiger partial charge in [-0.3, -0.25) is 14.9 Å². The van der Waals surface area contributed by atoms with Gasteiger partial charge in [0.2, 0.25) is 11.8 Å². The standard InChI is InChI=1S/C8H14N4O4S/c13-7-5-12(6-8(14)10-7)17(15,16)11-3-1-9-2-4-11/h9H,1-6H2,(H,10,13,14). The van der Waals surface area contributed by atoms with Gasteiger partial charge in [0.15, 0.2) is 0 Å². The third-order valence-electron chi connectivity index (χ3n) is 2.65. The molecule has 0 aromatic rings. The number of amides is 2. The third-order valence-corrected chi connectivity index (χ3v) is 4.58. The fraction of sp³-hybridized carbons (Fsp3) is 0.750. The molecule has 0 unspecified atom stereocenters. The van der Waals surface area contributed by atoms with Crippen molar-refractivity contribution in [1.29, 1.82) is 0 Å². The molecule has 2 aliphatic heterocycles. The summed E-state index contributed by atoms with van der Waals surface area (Å²) in [5.74, 6) is -1.17. The van der Waals surface area contributed by atoms with Gasteiger partial charge in [0.1, 0.15) is 0 Å². The summed E-state index contributed by atoms with van der Waals surface area (Å²) in [6.07, 6.45) is 0. The van der Waals surface area contributed by atoms with E-state index < -0.39 is 22.0 Å². The fourth-order valence-electron chi connectivity index (χ4n) is 1.81. The molecule has 0 spiro atoms. The highest BCUT2D eigenvalue weighted by atomic mass is 32.2. The number of imide groups is 1. The summed E-state index contributed by atoms with van der Waals surface area (Å²) >= 11 is 0. The fourth-order valence-corrected chi connectivity index (χ4v) is 3.34. The van der Waals surface area contributed by atoms with Crippen molar-refractivity contribution in [3.8, 4) is 0 Å². The molecular weight excluding hydrogens is 248 g/mol.